The lowest BCUT2D eigenvalue weighted by molar-refractivity contribution is 0.0946. The van der Waals surface area contributed by atoms with E-state index in [9.17, 15) is 9.59 Å². The smallest absolute Gasteiger partial charge is 0.258 e. The Balaban J connectivity index is 1.62. The van der Waals surface area contributed by atoms with Crippen molar-refractivity contribution >= 4 is 17.2 Å². The molecular formula is C22H18N4O3S. The van der Waals surface area contributed by atoms with Gasteiger partial charge in [0, 0.05) is 41.3 Å². The van der Waals surface area contributed by atoms with E-state index in [1.165, 1.54) is 23.9 Å². The number of methoxy groups -OCH3 is 1. The van der Waals surface area contributed by atoms with E-state index in [0.29, 0.717) is 11.4 Å². The van der Waals surface area contributed by atoms with Gasteiger partial charge in [0.15, 0.2) is 0 Å². The van der Waals surface area contributed by atoms with Gasteiger partial charge >= 0.3 is 0 Å². The highest BCUT2D eigenvalue weighted by atomic mass is 32.1. The third-order valence-corrected chi connectivity index (χ3v) is 5.18. The third kappa shape index (κ3) is 3.99. The quantitative estimate of drug-likeness (QED) is 0.519. The lowest BCUT2D eigenvalue weighted by Gasteiger charge is -2.13. The van der Waals surface area contributed by atoms with Crippen molar-refractivity contribution in [2.75, 3.05) is 7.11 Å². The van der Waals surface area contributed by atoms with Crippen LogP contribution in [-0.4, -0.2) is 27.6 Å². The molecule has 3 aromatic heterocycles. The molecule has 0 saturated carbocycles. The van der Waals surface area contributed by atoms with Crippen molar-refractivity contribution in [3.8, 4) is 22.7 Å². The van der Waals surface area contributed by atoms with Crippen molar-refractivity contribution in [1.29, 1.82) is 0 Å². The summed E-state index contributed by atoms with van der Waals surface area (Å²) in [6.45, 7) is 0.186. The van der Waals surface area contributed by atoms with E-state index < -0.39 is 0 Å². The Morgan fingerprint density at radius 3 is 2.70 bits per heavy atom. The minimum atomic E-state index is -0.376. The molecule has 3 heterocycles. The average molecular weight is 418 g/mol. The summed E-state index contributed by atoms with van der Waals surface area (Å²) in [5.41, 5.74) is 2.95. The molecular weight excluding hydrogens is 400 g/mol. The first kappa shape index (κ1) is 19.5. The highest BCUT2D eigenvalue weighted by Crippen LogP contribution is 2.22. The number of nitrogens with zero attached hydrogens (tertiary/aromatic N) is 3. The summed E-state index contributed by atoms with van der Waals surface area (Å²) in [6, 6.07) is 12.4. The topological polar surface area (TPSA) is 86.1 Å². The number of carbonyl (C=O) groups excluding carboxylic acids is 1. The van der Waals surface area contributed by atoms with Crippen LogP contribution in [0.15, 0.2) is 76.6 Å². The van der Waals surface area contributed by atoms with E-state index in [0.717, 1.165) is 11.3 Å². The van der Waals surface area contributed by atoms with E-state index in [1.807, 2.05) is 35.0 Å². The predicted molar refractivity (Wildman–Crippen MR) is 115 cm³/mol. The van der Waals surface area contributed by atoms with Crippen LogP contribution in [0.1, 0.15) is 16.1 Å². The third-order valence-electron chi connectivity index (χ3n) is 4.50. The zero-order valence-electron chi connectivity index (χ0n) is 16.1. The van der Waals surface area contributed by atoms with Crippen LogP contribution in [0, 0.1) is 0 Å². The molecule has 8 heteroatoms. The highest BCUT2D eigenvalue weighted by Gasteiger charge is 2.17. The number of amides is 1. The lowest BCUT2D eigenvalue weighted by atomic mass is 10.1. The maximum Gasteiger partial charge on any atom is 0.258 e. The van der Waals surface area contributed by atoms with Gasteiger partial charge in [0.05, 0.1) is 30.6 Å². The van der Waals surface area contributed by atoms with E-state index >= 15 is 0 Å². The van der Waals surface area contributed by atoms with Crippen LogP contribution in [0.25, 0.3) is 16.9 Å². The SMILES string of the molecule is COc1cc(=O)n(-c2ccccc2)cc1C(=O)NCc1nccnc1-c1ccsc1. The van der Waals surface area contributed by atoms with Crippen LogP contribution >= 0.6 is 11.3 Å². The summed E-state index contributed by atoms with van der Waals surface area (Å²) >= 11 is 1.57. The largest absolute Gasteiger partial charge is 0.496 e. The molecule has 0 fully saturated rings. The maximum absolute atomic E-state index is 12.9. The van der Waals surface area contributed by atoms with Crippen LogP contribution < -0.4 is 15.6 Å². The van der Waals surface area contributed by atoms with Crippen LogP contribution in [0.5, 0.6) is 5.75 Å². The van der Waals surface area contributed by atoms with E-state index in [4.69, 9.17) is 4.74 Å². The lowest BCUT2D eigenvalue weighted by Crippen LogP contribution is -2.27. The molecule has 1 N–H and O–H groups in total. The fraction of sp³-hybridized carbons (Fsp3) is 0.0909. The van der Waals surface area contributed by atoms with Crippen molar-refractivity contribution in [3.63, 3.8) is 0 Å². The van der Waals surface area contributed by atoms with Crippen molar-refractivity contribution in [1.82, 2.24) is 19.9 Å². The molecule has 0 saturated heterocycles. The molecule has 0 radical (unpaired) electrons. The Labute approximate surface area is 176 Å². The highest BCUT2D eigenvalue weighted by molar-refractivity contribution is 7.08. The van der Waals surface area contributed by atoms with Gasteiger partial charge in [-0.2, -0.15) is 11.3 Å². The van der Waals surface area contributed by atoms with Crippen LogP contribution in [0.2, 0.25) is 0 Å². The van der Waals surface area contributed by atoms with Gasteiger partial charge in [-0.25, -0.2) is 0 Å². The summed E-state index contributed by atoms with van der Waals surface area (Å²) in [7, 11) is 1.43. The van der Waals surface area contributed by atoms with E-state index in [-0.39, 0.29) is 29.3 Å². The van der Waals surface area contributed by atoms with Crippen LogP contribution in [0.3, 0.4) is 0 Å². The number of benzene rings is 1. The Morgan fingerprint density at radius 1 is 1.17 bits per heavy atom. The molecule has 0 atom stereocenters. The Bertz CT molecular complexity index is 1220. The van der Waals surface area contributed by atoms with Gasteiger partial charge in [0.25, 0.3) is 11.5 Å². The summed E-state index contributed by atoms with van der Waals surface area (Å²) in [5.74, 6) is -0.166. The second-order valence-electron chi connectivity index (χ2n) is 6.35. The second-order valence-corrected chi connectivity index (χ2v) is 7.13. The first-order valence-electron chi connectivity index (χ1n) is 9.14. The van der Waals surface area contributed by atoms with Gasteiger partial charge in [-0.15, -0.1) is 0 Å². The fourth-order valence-electron chi connectivity index (χ4n) is 3.04. The van der Waals surface area contributed by atoms with Crippen molar-refractivity contribution in [3.05, 3.63) is 93.4 Å². The molecule has 7 nitrogen and oxygen atoms in total. The van der Waals surface area contributed by atoms with Gasteiger partial charge in [-0.1, -0.05) is 18.2 Å². The Hall–Kier alpha value is -3.78. The number of hydrogen-bond donors (Lipinski definition) is 1. The first-order valence-corrected chi connectivity index (χ1v) is 10.1. The van der Waals surface area contributed by atoms with Crippen LogP contribution in [-0.2, 0) is 6.54 Å². The van der Waals surface area contributed by atoms with Crippen molar-refractivity contribution < 1.29 is 9.53 Å². The Morgan fingerprint density at radius 2 is 1.97 bits per heavy atom. The predicted octanol–water partition coefficient (Wildman–Crippen LogP) is 3.29. The number of pyridine rings is 1. The second kappa shape index (κ2) is 8.71. The molecule has 0 bridgehead atoms. The molecule has 4 aromatic rings. The first-order chi connectivity index (χ1) is 14.7. The zero-order valence-corrected chi connectivity index (χ0v) is 16.9. The number of hydrogen-bond acceptors (Lipinski definition) is 6. The number of para-hydroxylation sites is 1. The normalized spacial score (nSPS) is 10.6. The summed E-state index contributed by atoms with van der Waals surface area (Å²) < 4.78 is 6.69. The minimum Gasteiger partial charge on any atom is -0.496 e. The number of rotatable bonds is 6. The molecule has 1 amide bonds. The van der Waals surface area contributed by atoms with Gasteiger partial charge < -0.3 is 10.1 Å². The minimum absolute atomic E-state index is 0.186. The molecule has 0 spiro atoms. The molecule has 0 aliphatic carbocycles. The van der Waals surface area contributed by atoms with Gasteiger partial charge in [-0.05, 0) is 23.6 Å². The fourth-order valence-corrected chi connectivity index (χ4v) is 3.68. The Kier molecular flexibility index (Phi) is 5.67. The van der Waals surface area contributed by atoms with Gasteiger partial charge in [0.2, 0.25) is 0 Å². The molecule has 0 aliphatic heterocycles. The molecule has 4 rings (SSSR count). The number of carbonyl (C=O) groups is 1. The average Bonchev–Trinajstić information content (AvgIpc) is 3.33. The van der Waals surface area contributed by atoms with Crippen molar-refractivity contribution in [2.45, 2.75) is 6.54 Å². The summed E-state index contributed by atoms with van der Waals surface area (Å²) in [4.78, 5) is 34.2. The molecule has 0 aliphatic rings. The zero-order chi connectivity index (χ0) is 20.9. The van der Waals surface area contributed by atoms with E-state index in [2.05, 4.69) is 15.3 Å². The molecule has 1 aromatic carbocycles. The molecule has 30 heavy (non-hydrogen) atoms. The summed E-state index contributed by atoms with van der Waals surface area (Å²) in [6.07, 6.45) is 4.70. The van der Waals surface area contributed by atoms with Gasteiger partial charge in [0.1, 0.15) is 5.75 Å². The van der Waals surface area contributed by atoms with Crippen LogP contribution in [0.4, 0.5) is 0 Å². The number of aromatic nitrogens is 3. The van der Waals surface area contributed by atoms with Gasteiger partial charge in [-0.3, -0.25) is 24.1 Å². The standard InChI is InChI=1S/C22H18N4O3S/c1-29-19-11-20(27)26(16-5-3-2-4-6-16)13-17(19)22(28)25-12-18-21(24-9-8-23-18)15-7-10-30-14-15/h2-11,13-14H,12H2,1H3,(H,25,28). The maximum atomic E-state index is 12.9. The molecule has 0 unspecified atom stereocenters. The van der Waals surface area contributed by atoms with Crippen molar-refractivity contribution in [2.24, 2.45) is 0 Å². The summed E-state index contributed by atoms with van der Waals surface area (Å²) in [5, 5.41) is 6.80. The number of ether oxygens (including phenoxy) is 1. The monoisotopic (exact) mass is 418 g/mol. The molecule has 150 valence electrons. The number of nitrogens with one attached hydrogen (secondary N) is 1. The van der Waals surface area contributed by atoms with E-state index in [1.54, 1.807) is 35.9 Å². The number of thiophene rings is 1.